The number of nitro groups is 1. The topological polar surface area (TPSA) is 108 Å². The molecule has 2 rings (SSSR count). The number of piperidine rings is 1. The monoisotopic (exact) mass is 332 g/mol. The summed E-state index contributed by atoms with van der Waals surface area (Å²) in [4.78, 5) is 24.1. The highest BCUT2D eigenvalue weighted by molar-refractivity contribution is 5.71. The number of hydrogen-bond donors (Lipinski definition) is 1. The Morgan fingerprint density at radius 1 is 1.58 bits per heavy atom. The summed E-state index contributed by atoms with van der Waals surface area (Å²) in [7, 11) is 1.37. The molecule has 128 valence electrons. The van der Waals surface area contributed by atoms with Crippen molar-refractivity contribution < 1.29 is 14.5 Å². The van der Waals surface area contributed by atoms with Gasteiger partial charge in [-0.15, -0.1) is 0 Å². The highest BCUT2D eigenvalue weighted by Crippen LogP contribution is 2.26. The molecule has 0 radical (unpaired) electrons. The van der Waals surface area contributed by atoms with Gasteiger partial charge in [0.15, 0.2) is 0 Å². The summed E-state index contributed by atoms with van der Waals surface area (Å²) in [6, 6.07) is 6.29. The SMILES string of the molecule is COC(=O)CN1CCC[C@H](CNc2ccc(C#N)cc2[N+](=O)[O-])C1. The maximum atomic E-state index is 11.4. The molecule has 0 aliphatic carbocycles. The van der Waals surface area contributed by atoms with Crippen LogP contribution in [-0.4, -0.2) is 49.1 Å². The molecule has 0 aromatic heterocycles. The van der Waals surface area contributed by atoms with E-state index in [1.165, 1.54) is 13.2 Å². The molecule has 1 heterocycles. The molecule has 1 aliphatic heterocycles. The highest BCUT2D eigenvalue weighted by atomic mass is 16.6. The molecule has 1 aromatic rings. The van der Waals surface area contributed by atoms with E-state index in [-0.39, 0.29) is 23.8 Å². The van der Waals surface area contributed by atoms with E-state index in [4.69, 9.17) is 5.26 Å². The van der Waals surface area contributed by atoms with Gasteiger partial charge in [0, 0.05) is 19.2 Å². The molecule has 0 unspecified atom stereocenters. The van der Waals surface area contributed by atoms with Crippen molar-refractivity contribution in [3.63, 3.8) is 0 Å². The molecule has 0 saturated carbocycles. The van der Waals surface area contributed by atoms with Gasteiger partial charge in [-0.1, -0.05) is 0 Å². The van der Waals surface area contributed by atoms with Crippen LogP contribution in [0.4, 0.5) is 11.4 Å². The number of carbonyl (C=O) groups is 1. The van der Waals surface area contributed by atoms with E-state index in [1.54, 1.807) is 12.1 Å². The number of rotatable bonds is 6. The largest absolute Gasteiger partial charge is 0.468 e. The van der Waals surface area contributed by atoms with Gasteiger partial charge in [0.25, 0.3) is 5.69 Å². The third-order valence-electron chi connectivity index (χ3n) is 4.09. The lowest BCUT2D eigenvalue weighted by Gasteiger charge is -2.32. The maximum Gasteiger partial charge on any atom is 0.319 e. The zero-order valence-corrected chi connectivity index (χ0v) is 13.5. The minimum Gasteiger partial charge on any atom is -0.468 e. The normalized spacial score (nSPS) is 17.8. The number of nitrogens with one attached hydrogen (secondary N) is 1. The number of nitriles is 1. The Bertz CT molecular complexity index is 656. The number of esters is 1. The van der Waals surface area contributed by atoms with Crippen LogP contribution >= 0.6 is 0 Å². The number of benzene rings is 1. The number of methoxy groups -OCH3 is 1. The molecular weight excluding hydrogens is 312 g/mol. The first kappa shape index (κ1) is 17.7. The Kier molecular flexibility index (Phi) is 6.09. The average Bonchev–Trinajstić information content (AvgIpc) is 2.59. The van der Waals surface area contributed by atoms with E-state index < -0.39 is 4.92 Å². The number of ether oxygens (including phenoxy) is 1. The van der Waals surface area contributed by atoms with E-state index in [1.807, 2.05) is 11.0 Å². The lowest BCUT2D eigenvalue weighted by atomic mass is 9.98. The van der Waals surface area contributed by atoms with Crippen molar-refractivity contribution in [2.24, 2.45) is 5.92 Å². The number of carbonyl (C=O) groups excluding carboxylic acids is 1. The Labute approximate surface area is 140 Å². The summed E-state index contributed by atoms with van der Waals surface area (Å²) < 4.78 is 4.68. The Balaban J connectivity index is 1.96. The number of nitro benzene ring substituents is 1. The smallest absolute Gasteiger partial charge is 0.319 e. The van der Waals surface area contributed by atoms with Gasteiger partial charge < -0.3 is 10.1 Å². The first-order valence-corrected chi connectivity index (χ1v) is 7.75. The third kappa shape index (κ3) is 4.67. The molecule has 1 aromatic carbocycles. The molecular formula is C16H20N4O4. The fraction of sp³-hybridized carbons (Fsp3) is 0.500. The maximum absolute atomic E-state index is 11.4. The molecule has 8 heteroatoms. The van der Waals surface area contributed by atoms with Gasteiger partial charge in [-0.25, -0.2) is 0 Å². The molecule has 1 saturated heterocycles. The number of likely N-dealkylation sites (tertiary alicyclic amines) is 1. The van der Waals surface area contributed by atoms with Crippen molar-refractivity contribution in [2.75, 3.05) is 38.6 Å². The molecule has 0 spiro atoms. The summed E-state index contributed by atoms with van der Waals surface area (Å²) in [5.41, 5.74) is 0.564. The Morgan fingerprint density at radius 2 is 2.38 bits per heavy atom. The van der Waals surface area contributed by atoms with Gasteiger partial charge in [0.1, 0.15) is 5.69 Å². The summed E-state index contributed by atoms with van der Waals surface area (Å²) in [5, 5.41) is 23.1. The second-order valence-corrected chi connectivity index (χ2v) is 5.80. The second kappa shape index (κ2) is 8.26. The van der Waals surface area contributed by atoms with Crippen LogP contribution in [0.5, 0.6) is 0 Å². The highest BCUT2D eigenvalue weighted by Gasteiger charge is 2.23. The van der Waals surface area contributed by atoms with E-state index >= 15 is 0 Å². The van der Waals surface area contributed by atoms with Gasteiger partial charge >= 0.3 is 5.97 Å². The third-order valence-corrected chi connectivity index (χ3v) is 4.09. The van der Waals surface area contributed by atoms with Gasteiger partial charge in [-0.05, 0) is 37.4 Å². The van der Waals surface area contributed by atoms with Gasteiger partial charge in [0.05, 0.1) is 30.2 Å². The van der Waals surface area contributed by atoms with Crippen LogP contribution in [0.2, 0.25) is 0 Å². The Morgan fingerprint density at radius 3 is 3.04 bits per heavy atom. The molecule has 24 heavy (non-hydrogen) atoms. The molecule has 0 amide bonds. The van der Waals surface area contributed by atoms with Crippen LogP contribution in [0.15, 0.2) is 18.2 Å². The van der Waals surface area contributed by atoms with E-state index in [0.717, 1.165) is 25.9 Å². The molecule has 1 fully saturated rings. The van der Waals surface area contributed by atoms with Crippen molar-refractivity contribution in [1.82, 2.24) is 4.90 Å². The van der Waals surface area contributed by atoms with Crippen LogP contribution in [0, 0.1) is 27.4 Å². The van der Waals surface area contributed by atoms with E-state index in [9.17, 15) is 14.9 Å². The molecule has 0 bridgehead atoms. The van der Waals surface area contributed by atoms with Gasteiger partial charge in [-0.2, -0.15) is 5.26 Å². The second-order valence-electron chi connectivity index (χ2n) is 5.80. The lowest BCUT2D eigenvalue weighted by molar-refractivity contribution is -0.384. The number of nitrogens with zero attached hydrogens (tertiary/aromatic N) is 3. The van der Waals surface area contributed by atoms with Crippen molar-refractivity contribution in [2.45, 2.75) is 12.8 Å². The van der Waals surface area contributed by atoms with Crippen molar-refractivity contribution in [1.29, 1.82) is 5.26 Å². The average molecular weight is 332 g/mol. The van der Waals surface area contributed by atoms with Gasteiger partial charge in [-0.3, -0.25) is 19.8 Å². The predicted molar refractivity (Wildman–Crippen MR) is 87.5 cm³/mol. The van der Waals surface area contributed by atoms with Crippen LogP contribution < -0.4 is 5.32 Å². The standard InChI is InChI=1S/C16H20N4O4/c1-24-16(21)11-19-6-2-3-13(10-19)9-18-14-5-4-12(8-17)7-15(14)20(22)23/h4-5,7,13,18H,2-3,6,9-11H2,1H3/t13-/m1/s1. The number of hydrogen-bond acceptors (Lipinski definition) is 7. The van der Waals surface area contributed by atoms with E-state index in [2.05, 4.69) is 10.1 Å². The zero-order chi connectivity index (χ0) is 17.5. The molecule has 1 aliphatic rings. The van der Waals surface area contributed by atoms with E-state index in [0.29, 0.717) is 18.2 Å². The number of anilines is 1. The summed E-state index contributed by atoms with van der Waals surface area (Å²) in [5.74, 6) is 0.0324. The van der Waals surface area contributed by atoms with Crippen molar-refractivity contribution >= 4 is 17.3 Å². The van der Waals surface area contributed by atoms with Crippen molar-refractivity contribution in [3.05, 3.63) is 33.9 Å². The first-order chi connectivity index (χ1) is 11.5. The van der Waals surface area contributed by atoms with Crippen LogP contribution in [0.1, 0.15) is 18.4 Å². The Hall–Kier alpha value is -2.66. The molecule has 1 atom stereocenters. The first-order valence-electron chi connectivity index (χ1n) is 7.75. The summed E-state index contributed by atoms with van der Waals surface area (Å²) in [6.07, 6.45) is 1.97. The van der Waals surface area contributed by atoms with Crippen LogP contribution in [-0.2, 0) is 9.53 Å². The van der Waals surface area contributed by atoms with Crippen LogP contribution in [0.25, 0.3) is 0 Å². The van der Waals surface area contributed by atoms with Crippen LogP contribution in [0.3, 0.4) is 0 Å². The van der Waals surface area contributed by atoms with Crippen molar-refractivity contribution in [3.8, 4) is 6.07 Å². The summed E-state index contributed by atoms with van der Waals surface area (Å²) in [6.45, 7) is 2.43. The molecule has 1 N–H and O–H groups in total. The lowest BCUT2D eigenvalue weighted by Crippen LogP contribution is -2.41. The minimum atomic E-state index is -0.492. The quantitative estimate of drug-likeness (QED) is 0.480. The fourth-order valence-electron chi connectivity index (χ4n) is 2.86. The summed E-state index contributed by atoms with van der Waals surface area (Å²) >= 11 is 0. The minimum absolute atomic E-state index is 0.101. The zero-order valence-electron chi connectivity index (χ0n) is 13.5. The molecule has 8 nitrogen and oxygen atoms in total. The fourth-order valence-corrected chi connectivity index (χ4v) is 2.86. The predicted octanol–water partition coefficient (Wildman–Crippen LogP) is 1.76. The van der Waals surface area contributed by atoms with Gasteiger partial charge in [0.2, 0.25) is 0 Å².